The highest BCUT2D eigenvalue weighted by atomic mass is 16.3. The van der Waals surface area contributed by atoms with Crippen LogP contribution in [-0.2, 0) is 4.79 Å². The number of hydrogen-bond acceptors (Lipinski definition) is 4. The first kappa shape index (κ1) is 13.1. The summed E-state index contributed by atoms with van der Waals surface area (Å²) >= 11 is 0. The molecule has 3 N–H and O–H groups in total. The van der Waals surface area contributed by atoms with E-state index < -0.39 is 5.54 Å². The second-order valence-electron chi connectivity index (χ2n) is 5.21. The fourth-order valence-electron chi connectivity index (χ4n) is 2.49. The minimum atomic E-state index is -0.566. The predicted octanol–water partition coefficient (Wildman–Crippen LogP) is 0.798. The summed E-state index contributed by atoms with van der Waals surface area (Å²) in [7, 11) is 0. The van der Waals surface area contributed by atoms with Gasteiger partial charge in [0.2, 0.25) is 5.91 Å². The smallest absolute Gasteiger partial charge is 0.240 e. The summed E-state index contributed by atoms with van der Waals surface area (Å²) in [6.45, 7) is 7.60. The second kappa shape index (κ2) is 4.74. The molecule has 2 heterocycles. The molecule has 0 saturated carbocycles. The molecule has 1 aliphatic rings. The molecule has 2 rings (SSSR count). The molecule has 0 aliphatic carbocycles. The summed E-state index contributed by atoms with van der Waals surface area (Å²) < 4.78 is 5.66. The molecule has 0 aromatic carbocycles. The van der Waals surface area contributed by atoms with Crippen LogP contribution in [0.3, 0.4) is 0 Å². The van der Waals surface area contributed by atoms with Crippen molar-refractivity contribution in [3.63, 3.8) is 0 Å². The zero-order valence-electron chi connectivity index (χ0n) is 11.2. The van der Waals surface area contributed by atoms with Crippen molar-refractivity contribution in [1.29, 1.82) is 0 Å². The molecular formula is C13H21N3O2. The molecule has 5 heteroatoms. The summed E-state index contributed by atoms with van der Waals surface area (Å²) in [5, 5.41) is 2.89. The molecule has 1 atom stereocenters. The van der Waals surface area contributed by atoms with Gasteiger partial charge in [-0.2, -0.15) is 0 Å². The molecule has 1 fully saturated rings. The summed E-state index contributed by atoms with van der Waals surface area (Å²) in [5.74, 6) is 1.73. The third-order valence-electron chi connectivity index (χ3n) is 3.60. The SMILES string of the molecule is Cc1ccc(C(CN)N2CCNC(=O)C2(C)C)o1. The molecule has 1 unspecified atom stereocenters. The van der Waals surface area contributed by atoms with Crippen LogP contribution in [0.25, 0.3) is 0 Å². The standard InChI is InChI=1S/C13H21N3O2/c1-9-4-5-11(18-9)10(8-14)16-7-6-15-12(17)13(16,2)3/h4-5,10H,6-8,14H2,1-3H3,(H,15,17). The van der Waals surface area contributed by atoms with Crippen LogP contribution < -0.4 is 11.1 Å². The largest absolute Gasteiger partial charge is 0.465 e. The van der Waals surface area contributed by atoms with Crippen LogP contribution in [0.2, 0.25) is 0 Å². The molecule has 1 aromatic rings. The lowest BCUT2D eigenvalue weighted by atomic mass is 9.95. The number of nitrogens with zero attached hydrogens (tertiary/aromatic N) is 1. The predicted molar refractivity (Wildman–Crippen MR) is 69.0 cm³/mol. The number of carbonyl (C=O) groups excluding carboxylic acids is 1. The van der Waals surface area contributed by atoms with Crippen molar-refractivity contribution in [3.05, 3.63) is 23.7 Å². The van der Waals surface area contributed by atoms with Crippen molar-refractivity contribution in [2.75, 3.05) is 19.6 Å². The lowest BCUT2D eigenvalue weighted by Crippen LogP contribution is -2.63. The van der Waals surface area contributed by atoms with Crippen LogP contribution in [0.5, 0.6) is 0 Å². The van der Waals surface area contributed by atoms with Gasteiger partial charge in [0.25, 0.3) is 0 Å². The van der Waals surface area contributed by atoms with E-state index in [0.29, 0.717) is 13.1 Å². The lowest BCUT2D eigenvalue weighted by Gasteiger charge is -2.44. The Balaban J connectivity index is 2.29. The molecule has 18 heavy (non-hydrogen) atoms. The van der Waals surface area contributed by atoms with Gasteiger partial charge < -0.3 is 15.5 Å². The van der Waals surface area contributed by atoms with Gasteiger partial charge in [0.15, 0.2) is 0 Å². The van der Waals surface area contributed by atoms with E-state index in [0.717, 1.165) is 18.1 Å². The Labute approximate surface area is 107 Å². The minimum Gasteiger partial charge on any atom is -0.465 e. The number of aryl methyl sites for hydroxylation is 1. The molecule has 1 saturated heterocycles. The van der Waals surface area contributed by atoms with Gasteiger partial charge in [-0.15, -0.1) is 0 Å². The van der Waals surface area contributed by atoms with Crippen molar-refractivity contribution >= 4 is 5.91 Å². The number of nitrogens with one attached hydrogen (secondary N) is 1. The average Bonchev–Trinajstić information content (AvgIpc) is 2.72. The maximum absolute atomic E-state index is 12.0. The Morgan fingerprint density at radius 1 is 1.56 bits per heavy atom. The van der Waals surface area contributed by atoms with Crippen molar-refractivity contribution in [2.45, 2.75) is 32.4 Å². The summed E-state index contributed by atoms with van der Waals surface area (Å²) in [6, 6.07) is 3.81. The zero-order chi connectivity index (χ0) is 13.3. The van der Waals surface area contributed by atoms with Gasteiger partial charge >= 0.3 is 0 Å². The number of nitrogens with two attached hydrogens (primary N) is 1. The maximum Gasteiger partial charge on any atom is 0.240 e. The molecule has 0 radical (unpaired) electrons. The first-order chi connectivity index (χ1) is 8.46. The zero-order valence-corrected chi connectivity index (χ0v) is 11.2. The van der Waals surface area contributed by atoms with Gasteiger partial charge in [-0.1, -0.05) is 0 Å². The van der Waals surface area contributed by atoms with Crippen LogP contribution in [0.15, 0.2) is 16.5 Å². The monoisotopic (exact) mass is 251 g/mol. The first-order valence-electron chi connectivity index (χ1n) is 6.28. The van der Waals surface area contributed by atoms with Gasteiger partial charge in [-0.3, -0.25) is 9.69 Å². The Bertz CT molecular complexity index is 439. The summed E-state index contributed by atoms with van der Waals surface area (Å²) in [4.78, 5) is 14.1. The lowest BCUT2D eigenvalue weighted by molar-refractivity contribution is -0.137. The molecule has 1 aromatic heterocycles. The third-order valence-corrected chi connectivity index (χ3v) is 3.60. The van der Waals surface area contributed by atoms with Crippen molar-refractivity contribution in [1.82, 2.24) is 10.2 Å². The van der Waals surface area contributed by atoms with Crippen molar-refractivity contribution < 1.29 is 9.21 Å². The van der Waals surface area contributed by atoms with Crippen molar-refractivity contribution in [3.8, 4) is 0 Å². The Kier molecular flexibility index (Phi) is 3.45. The Hall–Kier alpha value is -1.33. The molecule has 0 bridgehead atoms. The topological polar surface area (TPSA) is 71.5 Å². The number of piperazine rings is 1. The summed E-state index contributed by atoms with van der Waals surface area (Å²) in [5.41, 5.74) is 5.31. The van der Waals surface area contributed by atoms with Gasteiger partial charge in [-0.25, -0.2) is 0 Å². The van der Waals surface area contributed by atoms with Gasteiger partial charge in [0.1, 0.15) is 11.5 Å². The van der Waals surface area contributed by atoms with E-state index in [9.17, 15) is 4.79 Å². The van der Waals surface area contributed by atoms with E-state index in [1.54, 1.807) is 0 Å². The van der Waals surface area contributed by atoms with E-state index >= 15 is 0 Å². The number of amides is 1. The van der Waals surface area contributed by atoms with Crippen LogP contribution in [0, 0.1) is 6.92 Å². The van der Waals surface area contributed by atoms with E-state index in [-0.39, 0.29) is 11.9 Å². The second-order valence-corrected chi connectivity index (χ2v) is 5.21. The van der Waals surface area contributed by atoms with Crippen LogP contribution in [-0.4, -0.2) is 36.0 Å². The fourth-order valence-corrected chi connectivity index (χ4v) is 2.49. The molecule has 1 aliphatic heterocycles. The van der Waals surface area contributed by atoms with E-state index in [2.05, 4.69) is 10.2 Å². The maximum atomic E-state index is 12.0. The van der Waals surface area contributed by atoms with Gasteiger partial charge in [-0.05, 0) is 32.9 Å². The van der Waals surface area contributed by atoms with Crippen LogP contribution in [0.4, 0.5) is 0 Å². The number of rotatable bonds is 3. The molecule has 1 amide bonds. The average molecular weight is 251 g/mol. The quantitative estimate of drug-likeness (QED) is 0.833. The normalized spacial score (nSPS) is 21.7. The Morgan fingerprint density at radius 2 is 2.28 bits per heavy atom. The van der Waals surface area contributed by atoms with E-state index in [4.69, 9.17) is 10.2 Å². The van der Waals surface area contributed by atoms with Crippen LogP contribution >= 0.6 is 0 Å². The highest BCUT2D eigenvalue weighted by molar-refractivity contribution is 5.86. The number of carbonyl (C=O) groups is 1. The fraction of sp³-hybridized carbons (Fsp3) is 0.615. The molecule has 0 spiro atoms. The highest BCUT2D eigenvalue weighted by Gasteiger charge is 2.42. The van der Waals surface area contributed by atoms with E-state index in [1.165, 1.54) is 0 Å². The first-order valence-corrected chi connectivity index (χ1v) is 6.28. The molecular weight excluding hydrogens is 230 g/mol. The third kappa shape index (κ3) is 2.15. The summed E-state index contributed by atoms with van der Waals surface area (Å²) in [6.07, 6.45) is 0. The minimum absolute atomic E-state index is 0.0375. The van der Waals surface area contributed by atoms with Gasteiger partial charge in [0, 0.05) is 19.6 Å². The van der Waals surface area contributed by atoms with Gasteiger partial charge in [0.05, 0.1) is 11.6 Å². The number of hydrogen-bond donors (Lipinski definition) is 2. The van der Waals surface area contributed by atoms with Crippen LogP contribution in [0.1, 0.15) is 31.4 Å². The molecule has 5 nitrogen and oxygen atoms in total. The van der Waals surface area contributed by atoms with Crippen molar-refractivity contribution in [2.24, 2.45) is 5.73 Å². The molecule has 100 valence electrons. The van der Waals surface area contributed by atoms with E-state index in [1.807, 2.05) is 32.9 Å². The number of furan rings is 1. The Morgan fingerprint density at radius 3 is 2.83 bits per heavy atom. The highest BCUT2D eigenvalue weighted by Crippen LogP contribution is 2.30.